The van der Waals surface area contributed by atoms with Crippen LogP contribution in [0, 0.1) is 0 Å². The van der Waals surface area contributed by atoms with Gasteiger partial charge in [-0.1, -0.05) is 6.07 Å². The highest BCUT2D eigenvalue weighted by atomic mass is 32.2. The van der Waals surface area contributed by atoms with Gasteiger partial charge in [0.05, 0.1) is 16.5 Å². The summed E-state index contributed by atoms with van der Waals surface area (Å²) in [7, 11) is -1.43. The summed E-state index contributed by atoms with van der Waals surface area (Å²) >= 11 is 0. The van der Waals surface area contributed by atoms with Crippen molar-refractivity contribution in [1.29, 1.82) is 0 Å². The molecule has 0 saturated carbocycles. The Balaban J connectivity index is 2.25. The van der Waals surface area contributed by atoms with E-state index in [-0.39, 0.29) is 11.2 Å². The number of rotatable bonds is 3. The number of aryl methyl sites for hydroxylation is 1. The van der Waals surface area contributed by atoms with Crippen molar-refractivity contribution in [2.24, 2.45) is 5.14 Å². The largest absolute Gasteiger partial charge is 0.416 e. The Kier molecular flexibility index (Phi) is 4.01. The second kappa shape index (κ2) is 5.25. The van der Waals surface area contributed by atoms with E-state index in [0.717, 1.165) is 30.0 Å². The SMILES string of the molecule is CC(C[C@H]1CCc2ccc(C(F)(F)F)cc21)S(N)=O. The lowest BCUT2D eigenvalue weighted by Gasteiger charge is -2.16. The van der Waals surface area contributed by atoms with E-state index in [9.17, 15) is 17.4 Å². The third kappa shape index (κ3) is 3.17. The minimum atomic E-state index is -4.32. The quantitative estimate of drug-likeness (QED) is 0.913. The van der Waals surface area contributed by atoms with Crippen LogP contribution in [0.25, 0.3) is 0 Å². The highest BCUT2D eigenvalue weighted by Crippen LogP contribution is 2.40. The van der Waals surface area contributed by atoms with Crippen molar-refractivity contribution < 1.29 is 17.4 Å². The molecule has 0 heterocycles. The molecule has 0 aliphatic heterocycles. The number of alkyl halides is 3. The van der Waals surface area contributed by atoms with Crippen LogP contribution in [-0.2, 0) is 23.6 Å². The molecule has 0 amide bonds. The Morgan fingerprint density at radius 3 is 2.74 bits per heavy atom. The topological polar surface area (TPSA) is 43.1 Å². The summed E-state index contributed by atoms with van der Waals surface area (Å²) in [5.74, 6) is 0.0276. The van der Waals surface area contributed by atoms with E-state index >= 15 is 0 Å². The first-order valence-electron chi connectivity index (χ1n) is 6.14. The van der Waals surface area contributed by atoms with E-state index in [1.165, 1.54) is 6.07 Å². The van der Waals surface area contributed by atoms with Crippen LogP contribution >= 0.6 is 0 Å². The van der Waals surface area contributed by atoms with Gasteiger partial charge in [0.1, 0.15) is 0 Å². The van der Waals surface area contributed by atoms with Gasteiger partial charge in [-0.3, -0.25) is 5.14 Å². The van der Waals surface area contributed by atoms with Crippen molar-refractivity contribution in [2.45, 2.75) is 43.5 Å². The van der Waals surface area contributed by atoms with Gasteiger partial charge in [-0.2, -0.15) is 13.2 Å². The zero-order chi connectivity index (χ0) is 14.2. The molecule has 0 bridgehead atoms. The van der Waals surface area contributed by atoms with Gasteiger partial charge in [0.15, 0.2) is 0 Å². The summed E-state index contributed by atoms with van der Waals surface area (Å²) in [5.41, 5.74) is 1.10. The molecular formula is C13H16F3NOS. The Morgan fingerprint density at radius 2 is 2.16 bits per heavy atom. The standard InChI is InChI=1S/C13H16F3NOS/c1-8(19(17)18)6-10-3-2-9-4-5-11(7-12(9)10)13(14,15)16/h4-5,7-8,10H,2-3,6,17H2,1H3/t8?,10-,19?/m1/s1. The van der Waals surface area contributed by atoms with Crippen molar-refractivity contribution in [3.8, 4) is 0 Å². The van der Waals surface area contributed by atoms with Gasteiger partial charge in [-0.15, -0.1) is 0 Å². The molecule has 106 valence electrons. The molecule has 0 aromatic heterocycles. The summed E-state index contributed by atoms with van der Waals surface area (Å²) in [5, 5.41) is 5.12. The smallest absolute Gasteiger partial charge is 0.252 e. The van der Waals surface area contributed by atoms with Gasteiger partial charge in [-0.25, -0.2) is 4.21 Å². The van der Waals surface area contributed by atoms with Crippen LogP contribution in [0.2, 0.25) is 0 Å². The number of hydrogen-bond acceptors (Lipinski definition) is 1. The number of halogens is 3. The van der Waals surface area contributed by atoms with Crippen molar-refractivity contribution >= 4 is 11.0 Å². The molecular weight excluding hydrogens is 275 g/mol. The molecule has 2 N–H and O–H groups in total. The van der Waals surface area contributed by atoms with E-state index in [1.54, 1.807) is 13.0 Å². The zero-order valence-corrected chi connectivity index (χ0v) is 11.4. The predicted octanol–water partition coefficient (Wildman–Crippen LogP) is 3.14. The van der Waals surface area contributed by atoms with E-state index in [4.69, 9.17) is 5.14 Å². The van der Waals surface area contributed by atoms with E-state index < -0.39 is 22.7 Å². The summed E-state index contributed by atoms with van der Waals surface area (Å²) < 4.78 is 49.3. The molecule has 1 aliphatic carbocycles. The second-order valence-electron chi connectivity index (χ2n) is 5.02. The summed E-state index contributed by atoms with van der Waals surface area (Å²) in [6.45, 7) is 1.77. The fraction of sp³-hybridized carbons (Fsp3) is 0.538. The molecule has 1 aliphatic rings. The first-order chi connectivity index (χ1) is 8.79. The average Bonchev–Trinajstić information content (AvgIpc) is 2.70. The third-order valence-electron chi connectivity index (χ3n) is 3.69. The molecule has 1 aromatic carbocycles. The molecule has 2 nitrogen and oxygen atoms in total. The molecule has 3 atom stereocenters. The normalized spacial score (nSPS) is 22.1. The second-order valence-corrected chi connectivity index (χ2v) is 6.48. The monoisotopic (exact) mass is 291 g/mol. The summed E-state index contributed by atoms with van der Waals surface area (Å²) in [6.07, 6.45) is -2.16. The minimum absolute atomic E-state index is 0.0276. The van der Waals surface area contributed by atoms with Gasteiger partial charge in [0.25, 0.3) is 0 Å². The first kappa shape index (κ1) is 14.5. The van der Waals surface area contributed by atoms with Crippen molar-refractivity contribution in [3.05, 3.63) is 34.9 Å². The molecule has 1 aromatic rings. The van der Waals surface area contributed by atoms with Crippen molar-refractivity contribution in [2.75, 3.05) is 0 Å². The molecule has 0 radical (unpaired) electrons. The third-order valence-corrected chi connectivity index (χ3v) is 4.67. The Bertz CT molecular complexity index is 501. The van der Waals surface area contributed by atoms with Gasteiger partial charge in [0, 0.05) is 5.25 Å². The molecule has 2 rings (SSSR count). The van der Waals surface area contributed by atoms with Gasteiger partial charge in [-0.05, 0) is 55.4 Å². The fourth-order valence-corrected chi connectivity index (χ4v) is 3.03. The van der Waals surface area contributed by atoms with Crippen LogP contribution in [-0.4, -0.2) is 9.46 Å². The lowest BCUT2D eigenvalue weighted by molar-refractivity contribution is -0.137. The van der Waals surface area contributed by atoms with Gasteiger partial charge >= 0.3 is 6.18 Å². The molecule has 6 heteroatoms. The molecule has 0 saturated heterocycles. The van der Waals surface area contributed by atoms with Crippen LogP contribution in [0.15, 0.2) is 18.2 Å². The highest BCUT2D eigenvalue weighted by Gasteiger charge is 2.33. The first-order valence-corrected chi connectivity index (χ1v) is 7.41. The van der Waals surface area contributed by atoms with Crippen molar-refractivity contribution in [3.63, 3.8) is 0 Å². The van der Waals surface area contributed by atoms with Gasteiger partial charge < -0.3 is 0 Å². The predicted molar refractivity (Wildman–Crippen MR) is 68.9 cm³/mol. The number of nitrogens with two attached hydrogens (primary N) is 1. The maximum Gasteiger partial charge on any atom is 0.416 e. The van der Waals surface area contributed by atoms with Crippen LogP contribution in [0.1, 0.15) is 42.4 Å². The molecule has 0 fully saturated rings. The Hall–Kier alpha value is -0.880. The van der Waals surface area contributed by atoms with Crippen LogP contribution in [0.4, 0.5) is 13.2 Å². The lowest BCUT2D eigenvalue weighted by atomic mass is 9.95. The Labute approximate surface area is 112 Å². The molecule has 19 heavy (non-hydrogen) atoms. The maximum absolute atomic E-state index is 12.7. The highest BCUT2D eigenvalue weighted by molar-refractivity contribution is 7.83. The molecule has 0 spiro atoms. The van der Waals surface area contributed by atoms with Gasteiger partial charge in [0.2, 0.25) is 0 Å². The van der Waals surface area contributed by atoms with Crippen LogP contribution in [0.3, 0.4) is 0 Å². The maximum atomic E-state index is 12.7. The van der Waals surface area contributed by atoms with Crippen LogP contribution < -0.4 is 5.14 Å². The number of benzene rings is 1. The Morgan fingerprint density at radius 1 is 1.47 bits per heavy atom. The van der Waals surface area contributed by atoms with Crippen molar-refractivity contribution in [1.82, 2.24) is 0 Å². The lowest BCUT2D eigenvalue weighted by Crippen LogP contribution is -2.20. The summed E-state index contributed by atoms with van der Waals surface area (Å²) in [6, 6.07) is 3.92. The zero-order valence-electron chi connectivity index (χ0n) is 10.5. The van der Waals surface area contributed by atoms with E-state index in [0.29, 0.717) is 6.42 Å². The minimum Gasteiger partial charge on any atom is -0.252 e. The van der Waals surface area contributed by atoms with E-state index in [1.807, 2.05) is 0 Å². The fourth-order valence-electron chi connectivity index (χ4n) is 2.60. The summed E-state index contributed by atoms with van der Waals surface area (Å²) in [4.78, 5) is 0. The average molecular weight is 291 g/mol. The number of fused-ring (bicyclic) bond motifs is 1. The van der Waals surface area contributed by atoms with E-state index in [2.05, 4.69) is 0 Å². The number of hydrogen-bond donors (Lipinski definition) is 1. The van der Waals surface area contributed by atoms with Crippen LogP contribution in [0.5, 0.6) is 0 Å². The molecule has 2 unspecified atom stereocenters.